The Kier molecular flexibility index (Phi) is 4.62. The van der Waals surface area contributed by atoms with Crippen molar-refractivity contribution in [3.63, 3.8) is 0 Å². The van der Waals surface area contributed by atoms with Gasteiger partial charge in [0.2, 0.25) is 0 Å². The first-order chi connectivity index (χ1) is 10.5. The summed E-state index contributed by atoms with van der Waals surface area (Å²) < 4.78 is 11.0. The fourth-order valence-corrected chi connectivity index (χ4v) is 2.73. The van der Waals surface area contributed by atoms with Crippen LogP contribution in [0.15, 0.2) is 22.8 Å². The fourth-order valence-electron chi connectivity index (χ4n) is 2.73. The molecule has 0 aromatic carbocycles. The van der Waals surface area contributed by atoms with Gasteiger partial charge in [0.05, 0.1) is 11.8 Å². The van der Waals surface area contributed by atoms with Gasteiger partial charge in [0.15, 0.2) is 5.58 Å². The van der Waals surface area contributed by atoms with Crippen LogP contribution in [0.4, 0.5) is 0 Å². The van der Waals surface area contributed by atoms with Gasteiger partial charge in [-0.3, -0.25) is 0 Å². The average molecular weight is 320 g/mol. The first-order valence-corrected chi connectivity index (χ1v) is 8.00. The molecule has 5 heteroatoms. The third kappa shape index (κ3) is 3.78. The number of esters is 1. The molecule has 0 amide bonds. The van der Waals surface area contributed by atoms with Crippen molar-refractivity contribution in [3.05, 3.63) is 24.1 Å². The second kappa shape index (κ2) is 6.04. The van der Waals surface area contributed by atoms with Gasteiger partial charge in [0.1, 0.15) is 11.3 Å². The zero-order valence-electron chi connectivity index (χ0n) is 15.2. The lowest BCUT2D eigenvalue weighted by Gasteiger charge is -2.41. The monoisotopic (exact) mass is 320 g/mol. The van der Waals surface area contributed by atoms with Crippen LogP contribution in [0.5, 0.6) is 0 Å². The second-order valence-electron chi connectivity index (χ2n) is 7.68. The normalized spacial score (nSPS) is 14.4. The van der Waals surface area contributed by atoms with Crippen LogP contribution in [0.3, 0.4) is 0 Å². The largest absolute Gasteiger partial charge is 0.463 e. The van der Waals surface area contributed by atoms with Gasteiger partial charge in [-0.05, 0) is 54.1 Å². The van der Waals surface area contributed by atoms with Crippen LogP contribution in [-0.2, 0) is 4.74 Å². The first kappa shape index (κ1) is 17.6. The molecular formula is C18H28N2O3. The van der Waals surface area contributed by atoms with E-state index in [1.54, 1.807) is 18.4 Å². The van der Waals surface area contributed by atoms with E-state index in [4.69, 9.17) is 9.15 Å². The highest BCUT2D eigenvalue weighted by Gasteiger charge is 2.35. The number of rotatable bonds is 6. The van der Waals surface area contributed by atoms with Gasteiger partial charge < -0.3 is 19.0 Å². The van der Waals surface area contributed by atoms with Crippen molar-refractivity contribution in [2.45, 2.75) is 52.2 Å². The number of H-pyrrole nitrogens is 1. The van der Waals surface area contributed by atoms with Crippen molar-refractivity contribution in [3.8, 4) is 0 Å². The van der Waals surface area contributed by atoms with Gasteiger partial charge in [-0.1, -0.05) is 6.92 Å². The maximum absolute atomic E-state index is 12.4. The Balaban J connectivity index is 2.05. The molecule has 1 unspecified atom stereocenters. The van der Waals surface area contributed by atoms with Crippen LogP contribution in [0.25, 0.3) is 11.1 Å². The van der Waals surface area contributed by atoms with E-state index in [9.17, 15) is 4.79 Å². The van der Waals surface area contributed by atoms with Crippen molar-refractivity contribution < 1.29 is 13.9 Å². The van der Waals surface area contributed by atoms with Gasteiger partial charge >= 0.3 is 5.97 Å². The smallest absolute Gasteiger partial charge is 0.355 e. The Morgan fingerprint density at radius 2 is 2.00 bits per heavy atom. The molecular weight excluding hydrogens is 292 g/mol. The van der Waals surface area contributed by atoms with Crippen LogP contribution in [-0.4, -0.2) is 41.1 Å². The lowest BCUT2D eigenvalue weighted by Crippen LogP contribution is -2.46. The average Bonchev–Trinajstić information content (AvgIpc) is 2.97. The predicted molar refractivity (Wildman–Crippen MR) is 91.6 cm³/mol. The molecule has 0 bridgehead atoms. The number of ether oxygens (including phenoxy) is 1. The van der Waals surface area contributed by atoms with Crippen LogP contribution in [0, 0.1) is 5.92 Å². The molecule has 128 valence electrons. The Morgan fingerprint density at radius 3 is 2.57 bits per heavy atom. The molecule has 2 heterocycles. The molecule has 0 aliphatic rings. The zero-order valence-corrected chi connectivity index (χ0v) is 15.2. The third-order valence-electron chi connectivity index (χ3n) is 4.99. The van der Waals surface area contributed by atoms with Crippen molar-refractivity contribution in [1.82, 2.24) is 9.88 Å². The predicted octanol–water partition coefficient (Wildman–Crippen LogP) is 4.06. The molecule has 0 saturated heterocycles. The van der Waals surface area contributed by atoms with E-state index < -0.39 is 5.60 Å². The van der Waals surface area contributed by atoms with Crippen LogP contribution in [0.1, 0.15) is 51.5 Å². The second-order valence-corrected chi connectivity index (χ2v) is 7.68. The van der Waals surface area contributed by atoms with Crippen LogP contribution >= 0.6 is 0 Å². The number of furan rings is 1. The molecule has 0 aliphatic heterocycles. The molecule has 5 nitrogen and oxygen atoms in total. The lowest BCUT2D eigenvalue weighted by atomic mass is 9.80. The number of hydrogen-bond acceptors (Lipinski definition) is 4. The summed E-state index contributed by atoms with van der Waals surface area (Å²) in [4.78, 5) is 17.6. The van der Waals surface area contributed by atoms with E-state index in [0.717, 1.165) is 11.9 Å². The molecule has 1 N–H and O–H groups in total. The summed E-state index contributed by atoms with van der Waals surface area (Å²) in [6, 6.07) is 3.47. The number of carbonyl (C=O) groups is 1. The van der Waals surface area contributed by atoms with E-state index in [-0.39, 0.29) is 11.5 Å². The Morgan fingerprint density at radius 1 is 1.35 bits per heavy atom. The molecule has 2 aromatic heterocycles. The third-order valence-corrected chi connectivity index (χ3v) is 4.99. The molecule has 0 radical (unpaired) electrons. The quantitative estimate of drug-likeness (QED) is 0.815. The van der Waals surface area contributed by atoms with E-state index in [0.29, 0.717) is 17.2 Å². The fraction of sp³-hybridized carbons (Fsp3) is 0.611. The van der Waals surface area contributed by atoms with Crippen molar-refractivity contribution >= 4 is 17.1 Å². The summed E-state index contributed by atoms with van der Waals surface area (Å²) >= 11 is 0. The Labute approximate surface area is 138 Å². The van der Waals surface area contributed by atoms with Gasteiger partial charge in [-0.25, -0.2) is 4.79 Å². The maximum Gasteiger partial charge on any atom is 0.355 e. The number of aromatic amines is 1. The highest BCUT2D eigenvalue weighted by Crippen LogP contribution is 2.31. The van der Waals surface area contributed by atoms with Crippen molar-refractivity contribution in [1.29, 1.82) is 0 Å². The number of nitrogens with one attached hydrogen (secondary N) is 1. The highest BCUT2D eigenvalue weighted by atomic mass is 16.6. The summed E-state index contributed by atoms with van der Waals surface area (Å²) in [6.45, 7) is 10.5. The standard InChI is InChI=1S/C18H28N2O3/c1-12(18(4,5)20(6)7)11-17(2,3)23-16(21)14-10-15-13(19-14)8-9-22-15/h8-10,12,19H,11H2,1-7H3. The Bertz CT molecular complexity index is 651. The van der Waals surface area contributed by atoms with E-state index >= 15 is 0 Å². The minimum absolute atomic E-state index is 0.0237. The molecule has 2 aromatic rings. The first-order valence-electron chi connectivity index (χ1n) is 8.00. The maximum atomic E-state index is 12.4. The number of carbonyl (C=O) groups excluding carboxylic acids is 1. The van der Waals surface area contributed by atoms with Crippen LogP contribution in [0.2, 0.25) is 0 Å². The Hall–Kier alpha value is -1.75. The molecule has 0 spiro atoms. The van der Waals surface area contributed by atoms with E-state index in [2.05, 4.69) is 44.8 Å². The number of nitrogens with zero attached hydrogens (tertiary/aromatic N) is 1. The number of aromatic nitrogens is 1. The molecule has 0 aliphatic carbocycles. The van der Waals surface area contributed by atoms with Crippen LogP contribution < -0.4 is 0 Å². The van der Waals surface area contributed by atoms with Crippen molar-refractivity contribution in [2.75, 3.05) is 14.1 Å². The highest BCUT2D eigenvalue weighted by molar-refractivity contribution is 5.93. The summed E-state index contributed by atoms with van der Waals surface area (Å²) in [5, 5.41) is 0. The van der Waals surface area contributed by atoms with Crippen molar-refractivity contribution in [2.24, 2.45) is 5.92 Å². The van der Waals surface area contributed by atoms with Gasteiger partial charge in [0, 0.05) is 17.7 Å². The number of hydrogen-bond donors (Lipinski definition) is 1. The van der Waals surface area contributed by atoms with Gasteiger partial charge in [0.25, 0.3) is 0 Å². The van der Waals surface area contributed by atoms with E-state index in [1.807, 2.05) is 13.8 Å². The number of fused-ring (bicyclic) bond motifs is 1. The zero-order chi connectivity index (χ0) is 17.4. The summed E-state index contributed by atoms with van der Waals surface area (Å²) in [6.07, 6.45) is 2.37. The summed E-state index contributed by atoms with van der Waals surface area (Å²) in [5.41, 5.74) is 1.37. The summed E-state index contributed by atoms with van der Waals surface area (Å²) in [7, 11) is 4.15. The topological polar surface area (TPSA) is 58.5 Å². The minimum atomic E-state index is -0.546. The van der Waals surface area contributed by atoms with E-state index in [1.165, 1.54) is 0 Å². The van der Waals surface area contributed by atoms with Gasteiger partial charge in [-0.2, -0.15) is 0 Å². The van der Waals surface area contributed by atoms with Gasteiger partial charge in [-0.15, -0.1) is 0 Å². The molecule has 0 fully saturated rings. The molecule has 23 heavy (non-hydrogen) atoms. The minimum Gasteiger partial charge on any atom is -0.463 e. The SMILES string of the molecule is CC(CC(C)(C)OC(=O)c1cc2occc2[nH]1)C(C)(C)N(C)C. The molecule has 1 atom stereocenters. The molecule has 2 rings (SSSR count). The summed E-state index contributed by atoms with van der Waals surface area (Å²) in [5.74, 6) is 0.0106. The molecule has 0 saturated carbocycles. The lowest BCUT2D eigenvalue weighted by molar-refractivity contribution is -0.0233.